The summed E-state index contributed by atoms with van der Waals surface area (Å²) in [7, 11) is 1.81. The zero-order valence-corrected chi connectivity index (χ0v) is 20.6. The van der Waals surface area contributed by atoms with Gasteiger partial charge in [0.25, 0.3) is 5.91 Å². The Morgan fingerprint density at radius 2 is 1.93 bits per heavy atom. The third-order valence-electron chi connectivity index (χ3n) is 5.30. The zero-order chi connectivity index (χ0) is 21.5. The second kappa shape index (κ2) is 8.67. The summed E-state index contributed by atoms with van der Waals surface area (Å²) in [5.41, 5.74) is 1.09. The molecule has 3 heterocycles. The van der Waals surface area contributed by atoms with Gasteiger partial charge in [0.1, 0.15) is 5.69 Å². The van der Waals surface area contributed by atoms with Gasteiger partial charge in [-0.15, -0.1) is 0 Å². The van der Waals surface area contributed by atoms with E-state index in [1.165, 1.54) is 0 Å². The van der Waals surface area contributed by atoms with E-state index in [-0.39, 0.29) is 11.7 Å². The SMILES string of the molecule is Cn1ncc(Br)c1-c1oc(C(=O)NC2(c3ccc(Cl)c(Cl)c3)CCNCC2)cc1Br. The summed E-state index contributed by atoms with van der Waals surface area (Å²) < 4.78 is 9.06. The summed E-state index contributed by atoms with van der Waals surface area (Å²) in [5, 5.41) is 11.7. The Balaban J connectivity index is 1.67. The number of nitrogens with one attached hydrogen (secondary N) is 2. The van der Waals surface area contributed by atoms with E-state index < -0.39 is 5.54 Å². The van der Waals surface area contributed by atoms with E-state index in [4.69, 9.17) is 27.6 Å². The average Bonchev–Trinajstić information content (AvgIpc) is 3.26. The van der Waals surface area contributed by atoms with Crippen LogP contribution < -0.4 is 10.6 Å². The van der Waals surface area contributed by atoms with Gasteiger partial charge in [-0.05, 0) is 75.5 Å². The molecule has 1 fully saturated rings. The summed E-state index contributed by atoms with van der Waals surface area (Å²) in [4.78, 5) is 13.2. The first-order chi connectivity index (χ1) is 14.3. The lowest BCUT2D eigenvalue weighted by atomic mass is 9.81. The van der Waals surface area contributed by atoms with Gasteiger partial charge in [-0.2, -0.15) is 5.10 Å². The molecule has 3 aromatic rings. The fraction of sp³-hybridized carbons (Fsp3) is 0.300. The summed E-state index contributed by atoms with van der Waals surface area (Å²) in [6, 6.07) is 7.17. The van der Waals surface area contributed by atoms with Crippen LogP contribution in [0.3, 0.4) is 0 Å². The molecule has 0 atom stereocenters. The maximum atomic E-state index is 13.2. The fourth-order valence-corrected chi connectivity index (χ4v) is 5.02. The molecule has 2 N–H and O–H groups in total. The molecule has 0 spiro atoms. The number of benzene rings is 1. The fourth-order valence-electron chi connectivity index (χ4n) is 3.72. The second-order valence-corrected chi connectivity index (χ2v) is 9.69. The minimum atomic E-state index is -0.566. The van der Waals surface area contributed by atoms with E-state index in [1.807, 2.05) is 19.2 Å². The Hall–Kier alpha value is -1.32. The first-order valence-electron chi connectivity index (χ1n) is 9.27. The van der Waals surface area contributed by atoms with Crippen molar-refractivity contribution in [1.82, 2.24) is 20.4 Å². The van der Waals surface area contributed by atoms with Gasteiger partial charge in [0.15, 0.2) is 11.5 Å². The van der Waals surface area contributed by atoms with Crippen molar-refractivity contribution in [3.63, 3.8) is 0 Å². The molecule has 0 saturated carbocycles. The molecule has 0 bridgehead atoms. The van der Waals surface area contributed by atoms with E-state index in [0.717, 1.165) is 41.7 Å². The first kappa shape index (κ1) is 21.9. The van der Waals surface area contributed by atoms with Crippen molar-refractivity contribution < 1.29 is 9.21 Å². The maximum Gasteiger partial charge on any atom is 0.287 e. The molecule has 2 aromatic heterocycles. The van der Waals surface area contributed by atoms with Crippen LogP contribution in [0.4, 0.5) is 0 Å². The maximum absolute atomic E-state index is 13.2. The van der Waals surface area contributed by atoms with Crippen molar-refractivity contribution in [2.24, 2.45) is 7.05 Å². The lowest BCUT2D eigenvalue weighted by Gasteiger charge is -2.39. The highest BCUT2D eigenvalue weighted by Gasteiger charge is 2.37. The van der Waals surface area contributed by atoms with Gasteiger partial charge in [-0.3, -0.25) is 9.48 Å². The van der Waals surface area contributed by atoms with Crippen molar-refractivity contribution >= 4 is 61.0 Å². The number of aryl methyl sites for hydroxylation is 1. The molecule has 1 aliphatic heterocycles. The van der Waals surface area contributed by atoms with Gasteiger partial charge in [0.2, 0.25) is 0 Å². The Kier molecular flexibility index (Phi) is 6.33. The molecule has 30 heavy (non-hydrogen) atoms. The van der Waals surface area contributed by atoms with E-state index in [2.05, 4.69) is 47.6 Å². The summed E-state index contributed by atoms with van der Waals surface area (Å²) in [6.07, 6.45) is 3.12. The van der Waals surface area contributed by atoms with Crippen LogP contribution >= 0.6 is 55.1 Å². The molecule has 0 radical (unpaired) electrons. The molecule has 4 rings (SSSR count). The number of furan rings is 1. The number of hydrogen-bond acceptors (Lipinski definition) is 4. The zero-order valence-electron chi connectivity index (χ0n) is 15.9. The molecular weight excluding hydrogens is 559 g/mol. The van der Waals surface area contributed by atoms with Crippen molar-refractivity contribution in [2.75, 3.05) is 13.1 Å². The molecule has 1 saturated heterocycles. The van der Waals surface area contributed by atoms with Crippen LogP contribution in [0.15, 0.2) is 43.8 Å². The van der Waals surface area contributed by atoms with Gasteiger partial charge >= 0.3 is 0 Å². The normalized spacial score (nSPS) is 15.9. The Morgan fingerprint density at radius 3 is 2.57 bits per heavy atom. The van der Waals surface area contributed by atoms with E-state index in [1.54, 1.807) is 23.0 Å². The number of halogens is 4. The van der Waals surface area contributed by atoms with Gasteiger partial charge in [-0.1, -0.05) is 29.3 Å². The van der Waals surface area contributed by atoms with E-state index in [9.17, 15) is 4.79 Å². The van der Waals surface area contributed by atoms with Gasteiger partial charge in [0, 0.05) is 13.1 Å². The number of aromatic nitrogens is 2. The van der Waals surface area contributed by atoms with Gasteiger partial charge < -0.3 is 15.1 Å². The number of carbonyl (C=O) groups is 1. The van der Waals surface area contributed by atoms with Crippen LogP contribution in [0, 0.1) is 0 Å². The summed E-state index contributed by atoms with van der Waals surface area (Å²) in [6.45, 7) is 1.55. The van der Waals surface area contributed by atoms with Crippen LogP contribution in [0.25, 0.3) is 11.5 Å². The van der Waals surface area contributed by atoms with Crippen molar-refractivity contribution in [1.29, 1.82) is 0 Å². The Morgan fingerprint density at radius 1 is 1.20 bits per heavy atom. The van der Waals surface area contributed by atoms with Crippen LogP contribution in [-0.2, 0) is 12.6 Å². The molecule has 1 aliphatic rings. The predicted octanol–water partition coefficient (Wildman–Crippen LogP) is 5.52. The number of hydrogen-bond donors (Lipinski definition) is 2. The lowest BCUT2D eigenvalue weighted by Crippen LogP contribution is -2.52. The molecule has 6 nitrogen and oxygen atoms in total. The number of piperidine rings is 1. The molecule has 10 heteroatoms. The van der Waals surface area contributed by atoms with Crippen LogP contribution in [-0.4, -0.2) is 28.8 Å². The first-order valence-corrected chi connectivity index (χ1v) is 11.6. The molecular formula is C20H18Br2Cl2N4O2. The highest BCUT2D eigenvalue weighted by atomic mass is 79.9. The van der Waals surface area contributed by atoms with Crippen LogP contribution in [0.2, 0.25) is 10.0 Å². The average molecular weight is 577 g/mol. The third kappa shape index (κ3) is 4.08. The molecule has 1 aromatic carbocycles. The number of carbonyl (C=O) groups excluding carboxylic acids is 1. The highest BCUT2D eigenvalue weighted by Crippen LogP contribution is 2.37. The summed E-state index contributed by atoms with van der Waals surface area (Å²) >= 11 is 19.3. The number of nitrogens with zero attached hydrogens (tertiary/aromatic N) is 2. The van der Waals surface area contributed by atoms with Crippen LogP contribution in [0.1, 0.15) is 29.0 Å². The van der Waals surface area contributed by atoms with Gasteiger partial charge in [-0.25, -0.2) is 0 Å². The number of amides is 1. The van der Waals surface area contributed by atoms with Gasteiger partial charge in [0.05, 0.1) is 30.7 Å². The highest BCUT2D eigenvalue weighted by molar-refractivity contribution is 9.11. The smallest absolute Gasteiger partial charge is 0.287 e. The quantitative estimate of drug-likeness (QED) is 0.429. The molecule has 158 valence electrons. The summed E-state index contributed by atoms with van der Waals surface area (Å²) in [5.74, 6) is 0.442. The largest absolute Gasteiger partial charge is 0.448 e. The van der Waals surface area contributed by atoms with Crippen molar-refractivity contribution in [3.05, 3.63) is 60.8 Å². The predicted molar refractivity (Wildman–Crippen MR) is 124 cm³/mol. The van der Waals surface area contributed by atoms with Crippen LogP contribution in [0.5, 0.6) is 0 Å². The third-order valence-corrected chi connectivity index (χ3v) is 7.21. The standard InChI is InChI=1S/C20H18Br2Cl2N4O2/c1-28-17(13(22)10-26-28)18-12(21)9-16(30-18)19(29)27-20(4-6-25-7-5-20)11-2-3-14(23)15(24)8-11/h2-3,8-10,25H,4-7H2,1H3,(H,27,29). The minimum absolute atomic E-state index is 0.211. The molecule has 1 amide bonds. The topological polar surface area (TPSA) is 72.1 Å². The minimum Gasteiger partial charge on any atom is -0.448 e. The Bertz CT molecular complexity index is 1090. The number of rotatable bonds is 4. The second-order valence-electron chi connectivity index (χ2n) is 7.17. The lowest BCUT2D eigenvalue weighted by molar-refractivity contribution is 0.0844. The van der Waals surface area contributed by atoms with Crippen molar-refractivity contribution in [3.8, 4) is 11.5 Å². The van der Waals surface area contributed by atoms with E-state index in [0.29, 0.717) is 20.3 Å². The van der Waals surface area contributed by atoms with Crippen molar-refractivity contribution in [2.45, 2.75) is 18.4 Å². The van der Waals surface area contributed by atoms with E-state index >= 15 is 0 Å². The monoisotopic (exact) mass is 574 g/mol. The Labute approximate surface area is 200 Å². The molecule has 0 unspecified atom stereocenters. The molecule has 0 aliphatic carbocycles.